The second kappa shape index (κ2) is 4.64. The SMILES string of the molecule is CC(C)CC1CN(CC(C)C)C=N1. The number of hydrogen-bond donors (Lipinski definition) is 0. The van der Waals surface area contributed by atoms with Crippen molar-refractivity contribution >= 4 is 6.34 Å². The summed E-state index contributed by atoms with van der Waals surface area (Å²) in [7, 11) is 0. The highest BCUT2D eigenvalue weighted by Crippen LogP contribution is 2.14. The zero-order valence-electron chi connectivity index (χ0n) is 9.33. The van der Waals surface area contributed by atoms with E-state index in [1.807, 2.05) is 6.34 Å². The molecule has 0 saturated carbocycles. The van der Waals surface area contributed by atoms with Crippen LogP contribution in [-0.2, 0) is 0 Å². The Kier molecular flexibility index (Phi) is 3.76. The molecule has 0 saturated heterocycles. The topological polar surface area (TPSA) is 15.6 Å². The first-order valence-electron chi connectivity index (χ1n) is 5.35. The van der Waals surface area contributed by atoms with E-state index in [0.29, 0.717) is 6.04 Å². The molecule has 0 aliphatic carbocycles. The number of nitrogens with zero attached hydrogens (tertiary/aromatic N) is 2. The predicted molar refractivity (Wildman–Crippen MR) is 58.1 cm³/mol. The first-order chi connectivity index (χ1) is 6.08. The molecular formula is C11H22N2. The van der Waals surface area contributed by atoms with Crippen LogP contribution in [-0.4, -0.2) is 30.4 Å². The molecule has 0 spiro atoms. The van der Waals surface area contributed by atoms with Gasteiger partial charge in [-0.25, -0.2) is 0 Å². The Balaban J connectivity index is 2.25. The van der Waals surface area contributed by atoms with Gasteiger partial charge in [-0.2, -0.15) is 0 Å². The standard InChI is InChI=1S/C11H22N2/c1-9(2)5-11-7-13(8-12-11)6-10(3)4/h8-11H,5-7H2,1-4H3. The van der Waals surface area contributed by atoms with Crippen LogP contribution >= 0.6 is 0 Å². The molecule has 0 amide bonds. The van der Waals surface area contributed by atoms with Crippen LogP contribution in [0.1, 0.15) is 34.1 Å². The maximum Gasteiger partial charge on any atom is 0.0854 e. The maximum absolute atomic E-state index is 4.51. The fourth-order valence-corrected chi connectivity index (χ4v) is 1.82. The van der Waals surface area contributed by atoms with Crippen LogP contribution in [0.4, 0.5) is 0 Å². The third-order valence-electron chi connectivity index (χ3n) is 2.23. The highest BCUT2D eigenvalue weighted by Gasteiger charge is 2.18. The minimum absolute atomic E-state index is 0.554. The van der Waals surface area contributed by atoms with E-state index >= 15 is 0 Å². The molecule has 0 fully saturated rings. The van der Waals surface area contributed by atoms with Gasteiger partial charge < -0.3 is 4.90 Å². The molecule has 1 rings (SSSR count). The van der Waals surface area contributed by atoms with Crippen LogP contribution in [0.3, 0.4) is 0 Å². The molecule has 1 heterocycles. The smallest absolute Gasteiger partial charge is 0.0854 e. The zero-order valence-corrected chi connectivity index (χ0v) is 9.33. The Labute approximate surface area is 82.0 Å². The average molecular weight is 182 g/mol. The fraction of sp³-hybridized carbons (Fsp3) is 0.909. The quantitative estimate of drug-likeness (QED) is 0.652. The van der Waals surface area contributed by atoms with Crippen LogP contribution in [0.15, 0.2) is 4.99 Å². The summed E-state index contributed by atoms with van der Waals surface area (Å²) in [6, 6.07) is 0.554. The van der Waals surface area contributed by atoms with Crippen molar-refractivity contribution in [3.8, 4) is 0 Å². The fourth-order valence-electron chi connectivity index (χ4n) is 1.82. The lowest BCUT2D eigenvalue weighted by atomic mass is 10.0. The molecule has 2 nitrogen and oxygen atoms in total. The van der Waals surface area contributed by atoms with Crippen molar-refractivity contribution in [3.05, 3.63) is 0 Å². The highest BCUT2D eigenvalue weighted by molar-refractivity contribution is 5.57. The minimum atomic E-state index is 0.554. The third-order valence-corrected chi connectivity index (χ3v) is 2.23. The lowest BCUT2D eigenvalue weighted by Crippen LogP contribution is -2.27. The molecule has 1 unspecified atom stereocenters. The summed E-state index contributed by atoms with van der Waals surface area (Å²) >= 11 is 0. The van der Waals surface area contributed by atoms with Crippen molar-refractivity contribution in [1.82, 2.24) is 4.90 Å². The number of aliphatic imine (C=N–C) groups is 1. The van der Waals surface area contributed by atoms with Crippen molar-refractivity contribution in [2.45, 2.75) is 40.2 Å². The van der Waals surface area contributed by atoms with Gasteiger partial charge in [0.1, 0.15) is 0 Å². The summed E-state index contributed by atoms with van der Waals surface area (Å²) in [5.41, 5.74) is 0. The normalized spacial score (nSPS) is 22.3. The largest absolute Gasteiger partial charge is 0.361 e. The van der Waals surface area contributed by atoms with Gasteiger partial charge in [0.05, 0.1) is 12.4 Å². The molecule has 0 aromatic carbocycles. The summed E-state index contributed by atoms with van der Waals surface area (Å²) in [5.74, 6) is 1.50. The molecule has 76 valence electrons. The summed E-state index contributed by atoms with van der Waals surface area (Å²) < 4.78 is 0. The number of hydrogen-bond acceptors (Lipinski definition) is 2. The van der Waals surface area contributed by atoms with E-state index in [-0.39, 0.29) is 0 Å². The van der Waals surface area contributed by atoms with Crippen molar-refractivity contribution in [2.75, 3.05) is 13.1 Å². The first kappa shape index (κ1) is 10.6. The predicted octanol–water partition coefficient (Wildman–Crippen LogP) is 2.40. The molecule has 1 aliphatic rings. The van der Waals surface area contributed by atoms with Gasteiger partial charge in [-0.1, -0.05) is 27.7 Å². The second-order valence-electron chi connectivity index (χ2n) is 4.90. The van der Waals surface area contributed by atoms with E-state index in [1.54, 1.807) is 0 Å². The molecule has 0 aromatic heterocycles. The van der Waals surface area contributed by atoms with Crippen LogP contribution in [0.25, 0.3) is 0 Å². The van der Waals surface area contributed by atoms with Crippen LogP contribution in [0.5, 0.6) is 0 Å². The highest BCUT2D eigenvalue weighted by atomic mass is 15.2. The summed E-state index contributed by atoms with van der Waals surface area (Å²) in [4.78, 5) is 6.86. The minimum Gasteiger partial charge on any atom is -0.361 e. The van der Waals surface area contributed by atoms with Gasteiger partial charge in [0, 0.05) is 13.1 Å². The Morgan fingerprint density at radius 1 is 1.31 bits per heavy atom. The van der Waals surface area contributed by atoms with Gasteiger partial charge in [0.15, 0.2) is 0 Å². The average Bonchev–Trinajstić information content (AvgIpc) is 2.33. The van der Waals surface area contributed by atoms with Crippen molar-refractivity contribution < 1.29 is 0 Å². The molecule has 0 bridgehead atoms. The summed E-state index contributed by atoms with van der Waals surface area (Å²) in [5, 5.41) is 0. The second-order valence-corrected chi connectivity index (χ2v) is 4.90. The van der Waals surface area contributed by atoms with E-state index in [9.17, 15) is 0 Å². The van der Waals surface area contributed by atoms with Crippen LogP contribution in [0.2, 0.25) is 0 Å². The Bertz CT molecular complexity index is 155. The van der Waals surface area contributed by atoms with E-state index < -0.39 is 0 Å². The van der Waals surface area contributed by atoms with Gasteiger partial charge in [-0.3, -0.25) is 4.99 Å². The van der Waals surface area contributed by atoms with Gasteiger partial charge in [0.2, 0.25) is 0 Å². The van der Waals surface area contributed by atoms with Crippen LogP contribution < -0.4 is 0 Å². The molecule has 0 radical (unpaired) electrons. The van der Waals surface area contributed by atoms with Gasteiger partial charge in [-0.05, 0) is 18.3 Å². The lowest BCUT2D eigenvalue weighted by molar-refractivity contribution is 0.360. The molecule has 1 atom stereocenters. The molecule has 0 aromatic rings. The third kappa shape index (κ3) is 3.79. The van der Waals surface area contributed by atoms with E-state index in [0.717, 1.165) is 24.9 Å². The van der Waals surface area contributed by atoms with E-state index in [2.05, 4.69) is 37.6 Å². The molecule has 13 heavy (non-hydrogen) atoms. The zero-order chi connectivity index (χ0) is 9.84. The summed E-state index contributed by atoms with van der Waals surface area (Å²) in [6.45, 7) is 11.3. The Hall–Kier alpha value is -0.530. The molecule has 2 heteroatoms. The van der Waals surface area contributed by atoms with E-state index in [4.69, 9.17) is 0 Å². The van der Waals surface area contributed by atoms with Crippen LogP contribution in [0, 0.1) is 11.8 Å². The Morgan fingerprint density at radius 2 is 2.00 bits per heavy atom. The molecule has 1 aliphatic heterocycles. The first-order valence-corrected chi connectivity index (χ1v) is 5.35. The van der Waals surface area contributed by atoms with E-state index in [1.165, 1.54) is 6.42 Å². The summed E-state index contributed by atoms with van der Waals surface area (Å²) in [6.07, 6.45) is 3.26. The van der Waals surface area contributed by atoms with Gasteiger partial charge in [-0.15, -0.1) is 0 Å². The van der Waals surface area contributed by atoms with Crippen molar-refractivity contribution in [3.63, 3.8) is 0 Å². The van der Waals surface area contributed by atoms with Gasteiger partial charge >= 0.3 is 0 Å². The Morgan fingerprint density at radius 3 is 2.54 bits per heavy atom. The molecule has 0 N–H and O–H groups in total. The van der Waals surface area contributed by atoms with Gasteiger partial charge in [0.25, 0.3) is 0 Å². The molecular weight excluding hydrogens is 160 g/mol. The van der Waals surface area contributed by atoms with Crippen molar-refractivity contribution in [2.24, 2.45) is 16.8 Å². The number of rotatable bonds is 4. The van der Waals surface area contributed by atoms with Crippen molar-refractivity contribution in [1.29, 1.82) is 0 Å². The lowest BCUT2D eigenvalue weighted by Gasteiger charge is -2.18. The maximum atomic E-state index is 4.51. The monoisotopic (exact) mass is 182 g/mol.